The number of nitrogens with zero attached hydrogens (tertiary/aromatic N) is 1. The molecule has 0 radical (unpaired) electrons. The Morgan fingerprint density at radius 1 is 1.26 bits per heavy atom. The van der Waals surface area contributed by atoms with Gasteiger partial charge in [0.1, 0.15) is 0 Å². The number of halogens is 1. The van der Waals surface area contributed by atoms with E-state index in [1.807, 2.05) is 4.90 Å². The molecule has 3 atom stereocenters. The molecule has 0 bridgehead atoms. The Labute approximate surface area is 146 Å². The molecule has 134 valence electrons. The van der Waals surface area contributed by atoms with Gasteiger partial charge in [0, 0.05) is 25.7 Å². The van der Waals surface area contributed by atoms with E-state index < -0.39 is 0 Å². The molecular formula is C17H32ClN3O2. The van der Waals surface area contributed by atoms with E-state index in [0.717, 1.165) is 58.2 Å². The molecular weight excluding hydrogens is 314 g/mol. The van der Waals surface area contributed by atoms with Gasteiger partial charge >= 0.3 is 0 Å². The Morgan fingerprint density at radius 2 is 2.00 bits per heavy atom. The van der Waals surface area contributed by atoms with Gasteiger partial charge in [-0.3, -0.25) is 9.59 Å². The van der Waals surface area contributed by atoms with Crippen molar-refractivity contribution in [1.82, 2.24) is 15.5 Å². The van der Waals surface area contributed by atoms with E-state index in [1.54, 1.807) is 0 Å². The minimum atomic E-state index is -0.0337. The van der Waals surface area contributed by atoms with Crippen molar-refractivity contribution in [2.24, 2.45) is 11.8 Å². The van der Waals surface area contributed by atoms with Crippen LogP contribution in [0.5, 0.6) is 0 Å². The fourth-order valence-corrected chi connectivity index (χ4v) is 3.58. The van der Waals surface area contributed by atoms with Crippen LogP contribution in [-0.4, -0.2) is 48.9 Å². The summed E-state index contributed by atoms with van der Waals surface area (Å²) in [5.41, 5.74) is 0. The minimum absolute atomic E-state index is 0. The van der Waals surface area contributed by atoms with E-state index in [-0.39, 0.29) is 42.1 Å². The molecule has 0 aliphatic carbocycles. The molecule has 2 heterocycles. The summed E-state index contributed by atoms with van der Waals surface area (Å²) >= 11 is 0. The first-order valence-electron chi connectivity index (χ1n) is 8.91. The van der Waals surface area contributed by atoms with E-state index in [2.05, 4.69) is 24.5 Å². The first-order chi connectivity index (χ1) is 10.6. The zero-order valence-electron chi connectivity index (χ0n) is 14.5. The SMILES string of the molecule is CCCC(C)NC(=O)C1CCCN(C(=O)C2CCCNC2)C1.Cl. The van der Waals surface area contributed by atoms with E-state index in [1.165, 1.54) is 0 Å². The summed E-state index contributed by atoms with van der Waals surface area (Å²) in [4.78, 5) is 26.9. The standard InChI is InChI=1S/C17H31N3O2.ClH/c1-3-6-13(2)19-16(21)15-8-5-10-20(12-15)17(22)14-7-4-9-18-11-14;/h13-15,18H,3-12H2,1-2H3,(H,19,21);1H. The predicted octanol–water partition coefficient (Wildman–Crippen LogP) is 1.95. The zero-order valence-corrected chi connectivity index (χ0v) is 15.3. The van der Waals surface area contributed by atoms with E-state index in [4.69, 9.17) is 0 Å². The van der Waals surface area contributed by atoms with Gasteiger partial charge < -0.3 is 15.5 Å². The summed E-state index contributed by atoms with van der Waals surface area (Å²) in [6, 6.07) is 0.228. The van der Waals surface area contributed by atoms with Crippen molar-refractivity contribution in [3.8, 4) is 0 Å². The number of likely N-dealkylation sites (tertiary alicyclic amines) is 1. The largest absolute Gasteiger partial charge is 0.353 e. The molecule has 2 N–H and O–H groups in total. The molecule has 2 amide bonds. The van der Waals surface area contributed by atoms with Crippen molar-refractivity contribution in [3.63, 3.8) is 0 Å². The van der Waals surface area contributed by atoms with Crippen LogP contribution in [0.25, 0.3) is 0 Å². The van der Waals surface area contributed by atoms with Crippen LogP contribution in [0.4, 0.5) is 0 Å². The van der Waals surface area contributed by atoms with Crippen LogP contribution in [0.2, 0.25) is 0 Å². The van der Waals surface area contributed by atoms with Gasteiger partial charge in [0.15, 0.2) is 0 Å². The lowest BCUT2D eigenvalue weighted by atomic mass is 9.93. The Kier molecular flexibility index (Phi) is 8.92. The summed E-state index contributed by atoms with van der Waals surface area (Å²) in [6.07, 6.45) is 5.97. The smallest absolute Gasteiger partial charge is 0.226 e. The second kappa shape index (κ2) is 10.1. The molecule has 23 heavy (non-hydrogen) atoms. The molecule has 0 aromatic heterocycles. The highest BCUT2D eigenvalue weighted by Gasteiger charge is 2.32. The maximum atomic E-state index is 12.6. The lowest BCUT2D eigenvalue weighted by Gasteiger charge is -2.35. The molecule has 5 nitrogen and oxygen atoms in total. The molecule has 6 heteroatoms. The van der Waals surface area contributed by atoms with Gasteiger partial charge in [-0.25, -0.2) is 0 Å². The molecule has 2 aliphatic heterocycles. The Balaban J connectivity index is 0.00000264. The van der Waals surface area contributed by atoms with E-state index in [9.17, 15) is 9.59 Å². The monoisotopic (exact) mass is 345 g/mol. The number of carbonyl (C=O) groups is 2. The summed E-state index contributed by atoms with van der Waals surface area (Å²) < 4.78 is 0. The van der Waals surface area contributed by atoms with Crippen LogP contribution >= 0.6 is 12.4 Å². The lowest BCUT2D eigenvalue weighted by Crippen LogP contribution is -2.50. The average molecular weight is 346 g/mol. The van der Waals surface area contributed by atoms with Crippen molar-refractivity contribution in [1.29, 1.82) is 0 Å². The third-order valence-electron chi connectivity index (χ3n) is 4.86. The second-order valence-electron chi connectivity index (χ2n) is 6.86. The van der Waals surface area contributed by atoms with Gasteiger partial charge in [-0.2, -0.15) is 0 Å². The fourth-order valence-electron chi connectivity index (χ4n) is 3.58. The third-order valence-corrected chi connectivity index (χ3v) is 4.86. The first-order valence-corrected chi connectivity index (χ1v) is 8.91. The highest BCUT2D eigenvalue weighted by atomic mass is 35.5. The van der Waals surface area contributed by atoms with Gasteiger partial charge in [0.05, 0.1) is 11.8 Å². The van der Waals surface area contributed by atoms with Crippen molar-refractivity contribution in [2.45, 2.75) is 58.4 Å². The Hall–Kier alpha value is -0.810. The van der Waals surface area contributed by atoms with E-state index >= 15 is 0 Å². The van der Waals surface area contributed by atoms with Crippen molar-refractivity contribution >= 4 is 24.2 Å². The number of hydrogen-bond donors (Lipinski definition) is 2. The number of hydrogen-bond acceptors (Lipinski definition) is 3. The number of carbonyl (C=O) groups excluding carboxylic acids is 2. The molecule has 2 rings (SSSR count). The summed E-state index contributed by atoms with van der Waals surface area (Å²) in [5.74, 6) is 0.439. The maximum absolute atomic E-state index is 12.6. The summed E-state index contributed by atoms with van der Waals surface area (Å²) in [7, 11) is 0. The summed E-state index contributed by atoms with van der Waals surface area (Å²) in [6.45, 7) is 7.40. The lowest BCUT2D eigenvalue weighted by molar-refractivity contribution is -0.139. The molecule has 0 aromatic rings. The van der Waals surface area contributed by atoms with Crippen LogP contribution < -0.4 is 10.6 Å². The highest BCUT2D eigenvalue weighted by Crippen LogP contribution is 2.21. The molecule has 0 aromatic carbocycles. The topological polar surface area (TPSA) is 61.4 Å². The third kappa shape index (κ3) is 5.96. The van der Waals surface area contributed by atoms with Crippen LogP contribution in [0.1, 0.15) is 52.4 Å². The number of rotatable bonds is 5. The molecule has 3 unspecified atom stereocenters. The van der Waals surface area contributed by atoms with Crippen molar-refractivity contribution < 1.29 is 9.59 Å². The van der Waals surface area contributed by atoms with Gasteiger partial charge in [0.25, 0.3) is 0 Å². The number of nitrogens with one attached hydrogen (secondary N) is 2. The maximum Gasteiger partial charge on any atom is 0.226 e. The Bertz CT molecular complexity index is 386. The normalized spacial score (nSPS) is 26.1. The number of amides is 2. The summed E-state index contributed by atoms with van der Waals surface area (Å²) in [5, 5.41) is 6.40. The van der Waals surface area contributed by atoms with Crippen molar-refractivity contribution in [3.05, 3.63) is 0 Å². The fraction of sp³-hybridized carbons (Fsp3) is 0.882. The first kappa shape index (κ1) is 20.2. The van der Waals surface area contributed by atoms with Gasteiger partial charge in [-0.05, 0) is 45.6 Å². The molecule has 2 saturated heterocycles. The van der Waals surface area contributed by atoms with Gasteiger partial charge in [0.2, 0.25) is 11.8 Å². The van der Waals surface area contributed by atoms with E-state index in [0.29, 0.717) is 6.54 Å². The van der Waals surface area contributed by atoms with Crippen LogP contribution in [-0.2, 0) is 9.59 Å². The second-order valence-corrected chi connectivity index (χ2v) is 6.86. The predicted molar refractivity (Wildman–Crippen MR) is 94.7 cm³/mol. The molecule has 2 fully saturated rings. The zero-order chi connectivity index (χ0) is 15.9. The van der Waals surface area contributed by atoms with Gasteiger partial charge in [-0.1, -0.05) is 13.3 Å². The van der Waals surface area contributed by atoms with Crippen molar-refractivity contribution in [2.75, 3.05) is 26.2 Å². The highest BCUT2D eigenvalue weighted by molar-refractivity contribution is 5.85. The van der Waals surface area contributed by atoms with Crippen LogP contribution in [0.15, 0.2) is 0 Å². The minimum Gasteiger partial charge on any atom is -0.353 e. The number of piperidine rings is 2. The average Bonchev–Trinajstić information content (AvgIpc) is 2.55. The molecule has 0 saturated carbocycles. The Morgan fingerprint density at radius 3 is 2.65 bits per heavy atom. The van der Waals surface area contributed by atoms with Crippen LogP contribution in [0.3, 0.4) is 0 Å². The van der Waals surface area contributed by atoms with Crippen LogP contribution in [0, 0.1) is 11.8 Å². The molecule has 0 spiro atoms. The quantitative estimate of drug-likeness (QED) is 0.800. The van der Waals surface area contributed by atoms with Gasteiger partial charge in [-0.15, -0.1) is 12.4 Å². The molecule has 2 aliphatic rings.